The van der Waals surface area contributed by atoms with E-state index in [9.17, 15) is 0 Å². The van der Waals surface area contributed by atoms with Crippen molar-refractivity contribution >= 4 is 0 Å². The van der Waals surface area contributed by atoms with E-state index in [0.717, 1.165) is 25.7 Å². The number of aryl methyl sites for hydroxylation is 3. The molecule has 1 unspecified atom stereocenters. The maximum absolute atomic E-state index is 6.10. The summed E-state index contributed by atoms with van der Waals surface area (Å²) in [5, 5.41) is 0. The van der Waals surface area contributed by atoms with Crippen LogP contribution in [0.25, 0.3) is 0 Å². The number of rotatable bonds is 5. The third-order valence-corrected chi connectivity index (χ3v) is 4.88. The number of benzene rings is 1. The molecule has 0 aromatic heterocycles. The van der Waals surface area contributed by atoms with Crippen LogP contribution in [0.15, 0.2) is 12.1 Å². The highest BCUT2D eigenvalue weighted by Crippen LogP contribution is 2.27. The lowest BCUT2D eigenvalue weighted by Gasteiger charge is -2.33. The minimum Gasteiger partial charge on any atom is -0.381 e. The Hall–Kier alpha value is -0.900. The summed E-state index contributed by atoms with van der Waals surface area (Å²) in [6.07, 6.45) is 2.35. The predicted octanol–water partition coefficient (Wildman–Crippen LogP) is 2.97. The zero-order valence-electron chi connectivity index (χ0n) is 14.0. The van der Waals surface area contributed by atoms with E-state index in [4.69, 9.17) is 10.5 Å². The molecule has 2 N–H and O–H groups in total. The zero-order valence-corrected chi connectivity index (χ0v) is 14.0. The molecular formula is C18H30N2O. The molecular weight excluding hydrogens is 260 g/mol. The van der Waals surface area contributed by atoms with Gasteiger partial charge in [0.25, 0.3) is 0 Å². The summed E-state index contributed by atoms with van der Waals surface area (Å²) in [4.78, 5) is 2.44. The molecule has 1 saturated heterocycles. The van der Waals surface area contributed by atoms with Crippen LogP contribution >= 0.6 is 0 Å². The van der Waals surface area contributed by atoms with Gasteiger partial charge < -0.3 is 10.5 Å². The standard InChI is InChI=1S/C18H30N2O/c1-13-9-15(3)17(10-14(13)2)18(11-19)20(4)12-16-5-7-21-8-6-16/h9-10,16,18H,5-8,11-12,19H2,1-4H3. The molecule has 0 bridgehead atoms. The van der Waals surface area contributed by atoms with Crippen LogP contribution < -0.4 is 5.73 Å². The van der Waals surface area contributed by atoms with Gasteiger partial charge in [-0.3, -0.25) is 4.90 Å². The number of likely N-dealkylation sites (N-methyl/N-ethyl adjacent to an activating group) is 1. The fraction of sp³-hybridized carbons (Fsp3) is 0.667. The Balaban J connectivity index is 2.12. The Morgan fingerprint density at radius 1 is 1.14 bits per heavy atom. The van der Waals surface area contributed by atoms with Gasteiger partial charge >= 0.3 is 0 Å². The topological polar surface area (TPSA) is 38.5 Å². The lowest BCUT2D eigenvalue weighted by molar-refractivity contribution is 0.0507. The Kier molecular flexibility index (Phi) is 5.80. The average molecular weight is 290 g/mol. The molecule has 1 fully saturated rings. The first-order valence-corrected chi connectivity index (χ1v) is 8.08. The maximum Gasteiger partial charge on any atom is 0.0470 e. The second-order valence-electron chi connectivity index (χ2n) is 6.54. The summed E-state index contributed by atoms with van der Waals surface area (Å²) in [5.41, 5.74) is 11.6. The van der Waals surface area contributed by atoms with Gasteiger partial charge in [-0.2, -0.15) is 0 Å². The SMILES string of the molecule is Cc1cc(C)c(C(CN)N(C)CC2CCOCC2)cc1C. The summed E-state index contributed by atoms with van der Waals surface area (Å²) in [7, 11) is 2.21. The van der Waals surface area contributed by atoms with Gasteiger partial charge in [-0.25, -0.2) is 0 Å². The molecule has 2 rings (SSSR count). The first-order valence-electron chi connectivity index (χ1n) is 8.08. The van der Waals surface area contributed by atoms with E-state index >= 15 is 0 Å². The van der Waals surface area contributed by atoms with E-state index in [1.807, 2.05) is 0 Å². The highest BCUT2D eigenvalue weighted by atomic mass is 16.5. The van der Waals surface area contributed by atoms with Crippen molar-refractivity contribution in [2.45, 2.75) is 39.7 Å². The van der Waals surface area contributed by atoms with Crippen LogP contribution in [0, 0.1) is 26.7 Å². The van der Waals surface area contributed by atoms with Crippen molar-refractivity contribution in [2.24, 2.45) is 11.7 Å². The summed E-state index contributed by atoms with van der Waals surface area (Å²) in [6, 6.07) is 4.92. The maximum atomic E-state index is 6.10. The van der Waals surface area contributed by atoms with E-state index in [2.05, 4.69) is 44.9 Å². The molecule has 21 heavy (non-hydrogen) atoms. The summed E-state index contributed by atoms with van der Waals surface area (Å²) in [6.45, 7) is 10.2. The van der Waals surface area contributed by atoms with Crippen molar-refractivity contribution in [1.29, 1.82) is 0 Å². The van der Waals surface area contributed by atoms with E-state index in [-0.39, 0.29) is 0 Å². The molecule has 1 aliphatic heterocycles. The van der Waals surface area contributed by atoms with Gasteiger partial charge in [0.15, 0.2) is 0 Å². The van der Waals surface area contributed by atoms with Gasteiger partial charge in [-0.1, -0.05) is 12.1 Å². The van der Waals surface area contributed by atoms with Crippen LogP contribution in [0.3, 0.4) is 0 Å². The number of nitrogens with two attached hydrogens (primary N) is 1. The minimum atomic E-state index is 0.312. The Morgan fingerprint density at radius 3 is 2.38 bits per heavy atom. The molecule has 0 aliphatic carbocycles. The second-order valence-corrected chi connectivity index (χ2v) is 6.54. The Labute approximate surface area is 129 Å². The Bertz CT molecular complexity index is 467. The number of hydrogen-bond acceptors (Lipinski definition) is 3. The van der Waals surface area contributed by atoms with Gasteiger partial charge in [0.1, 0.15) is 0 Å². The summed E-state index contributed by atoms with van der Waals surface area (Å²) in [5.74, 6) is 0.740. The van der Waals surface area contributed by atoms with Gasteiger partial charge in [0.2, 0.25) is 0 Å². The van der Waals surface area contributed by atoms with Crippen LogP contribution in [-0.4, -0.2) is 38.3 Å². The van der Waals surface area contributed by atoms with Gasteiger partial charge in [0, 0.05) is 32.3 Å². The van der Waals surface area contributed by atoms with Crippen LogP contribution in [0.5, 0.6) is 0 Å². The molecule has 0 amide bonds. The monoisotopic (exact) mass is 290 g/mol. The summed E-state index contributed by atoms with van der Waals surface area (Å²) < 4.78 is 5.46. The van der Waals surface area contributed by atoms with Crippen LogP contribution in [0.2, 0.25) is 0 Å². The molecule has 1 atom stereocenters. The first-order chi connectivity index (χ1) is 10.0. The molecule has 118 valence electrons. The highest BCUT2D eigenvalue weighted by Gasteiger charge is 2.22. The number of nitrogens with zero attached hydrogens (tertiary/aromatic N) is 1. The first kappa shape index (κ1) is 16.5. The molecule has 0 spiro atoms. The van der Waals surface area contributed by atoms with E-state index < -0.39 is 0 Å². The largest absolute Gasteiger partial charge is 0.381 e. The van der Waals surface area contributed by atoms with Crippen molar-refractivity contribution in [3.05, 3.63) is 34.4 Å². The fourth-order valence-corrected chi connectivity index (χ4v) is 3.35. The van der Waals surface area contributed by atoms with E-state index in [0.29, 0.717) is 12.6 Å². The van der Waals surface area contributed by atoms with Crippen molar-refractivity contribution in [3.8, 4) is 0 Å². The van der Waals surface area contributed by atoms with Crippen molar-refractivity contribution in [2.75, 3.05) is 33.4 Å². The van der Waals surface area contributed by atoms with Crippen LogP contribution in [-0.2, 0) is 4.74 Å². The van der Waals surface area contributed by atoms with Gasteiger partial charge in [0.05, 0.1) is 0 Å². The summed E-state index contributed by atoms with van der Waals surface area (Å²) >= 11 is 0. The van der Waals surface area contributed by atoms with Crippen molar-refractivity contribution in [3.63, 3.8) is 0 Å². The minimum absolute atomic E-state index is 0.312. The Morgan fingerprint density at radius 2 is 1.76 bits per heavy atom. The molecule has 0 saturated carbocycles. The molecule has 1 aliphatic rings. The average Bonchev–Trinajstić information content (AvgIpc) is 2.46. The van der Waals surface area contributed by atoms with Crippen molar-refractivity contribution < 1.29 is 4.74 Å². The molecule has 1 aromatic carbocycles. The zero-order chi connectivity index (χ0) is 15.4. The number of ether oxygens (including phenoxy) is 1. The van der Waals surface area contributed by atoms with Crippen LogP contribution in [0.1, 0.15) is 41.1 Å². The highest BCUT2D eigenvalue weighted by molar-refractivity contribution is 5.38. The third kappa shape index (κ3) is 4.06. The van der Waals surface area contributed by atoms with E-state index in [1.54, 1.807) is 0 Å². The quantitative estimate of drug-likeness (QED) is 0.906. The molecule has 1 aromatic rings. The number of hydrogen-bond donors (Lipinski definition) is 1. The smallest absolute Gasteiger partial charge is 0.0470 e. The van der Waals surface area contributed by atoms with Gasteiger partial charge in [-0.15, -0.1) is 0 Å². The van der Waals surface area contributed by atoms with Crippen molar-refractivity contribution in [1.82, 2.24) is 4.90 Å². The van der Waals surface area contributed by atoms with Crippen LogP contribution in [0.4, 0.5) is 0 Å². The lowest BCUT2D eigenvalue weighted by atomic mass is 9.93. The molecule has 3 heteroatoms. The van der Waals surface area contributed by atoms with Gasteiger partial charge in [-0.05, 0) is 68.8 Å². The predicted molar refractivity (Wildman–Crippen MR) is 88.6 cm³/mol. The van der Waals surface area contributed by atoms with E-state index in [1.165, 1.54) is 35.1 Å². The fourth-order valence-electron chi connectivity index (χ4n) is 3.35. The molecule has 0 radical (unpaired) electrons. The third-order valence-electron chi connectivity index (χ3n) is 4.88. The second kappa shape index (κ2) is 7.39. The normalized spacial score (nSPS) is 18.2. The molecule has 1 heterocycles. The molecule has 3 nitrogen and oxygen atoms in total. The lowest BCUT2D eigenvalue weighted by Crippen LogP contribution is -2.36.